The Morgan fingerprint density at radius 2 is 2.04 bits per heavy atom. The molecule has 1 aliphatic carbocycles. The van der Waals surface area contributed by atoms with Gasteiger partial charge in [0, 0.05) is 31.4 Å². The van der Waals surface area contributed by atoms with Crippen LogP contribution < -0.4 is 5.32 Å². The van der Waals surface area contributed by atoms with Gasteiger partial charge in [-0.05, 0) is 26.2 Å². The zero-order valence-corrected chi connectivity index (χ0v) is 14.4. The van der Waals surface area contributed by atoms with Crippen molar-refractivity contribution in [3.05, 3.63) is 34.3 Å². The molecule has 0 fully saturated rings. The predicted molar refractivity (Wildman–Crippen MR) is 89.5 cm³/mol. The van der Waals surface area contributed by atoms with Gasteiger partial charge >= 0.3 is 0 Å². The number of nitrogens with zero attached hydrogens (tertiary/aromatic N) is 3. The molecule has 4 rings (SSSR count). The molecule has 2 aliphatic rings. The van der Waals surface area contributed by atoms with Crippen molar-refractivity contribution < 1.29 is 14.0 Å². The van der Waals surface area contributed by atoms with Crippen molar-refractivity contribution in [2.45, 2.75) is 65.0 Å². The lowest BCUT2D eigenvalue weighted by Crippen LogP contribution is -2.25. The maximum absolute atomic E-state index is 12.5. The summed E-state index contributed by atoms with van der Waals surface area (Å²) in [4.78, 5) is 24.6. The minimum atomic E-state index is -0.300. The van der Waals surface area contributed by atoms with Crippen molar-refractivity contribution in [3.8, 4) is 0 Å². The Morgan fingerprint density at radius 3 is 2.88 bits per heavy atom. The van der Waals surface area contributed by atoms with Gasteiger partial charge in [0.05, 0.1) is 12.1 Å². The molecule has 0 radical (unpaired) electrons. The Labute approximate surface area is 145 Å². The van der Waals surface area contributed by atoms with E-state index < -0.39 is 0 Å². The molecular formula is C18H22N4O3. The SMILES string of the molecule is Cc1c(C(=O)NCc2nnc3n2CCCCC3)oc2c1C(=O)CCC2. The van der Waals surface area contributed by atoms with Crippen LogP contribution in [0.25, 0.3) is 0 Å². The van der Waals surface area contributed by atoms with Crippen molar-refractivity contribution in [2.75, 3.05) is 0 Å². The summed E-state index contributed by atoms with van der Waals surface area (Å²) in [7, 11) is 0. The topological polar surface area (TPSA) is 90.0 Å². The fraction of sp³-hybridized carbons (Fsp3) is 0.556. The van der Waals surface area contributed by atoms with Crippen LogP contribution in [0.1, 0.15) is 76.0 Å². The molecule has 0 saturated carbocycles. The van der Waals surface area contributed by atoms with Gasteiger partial charge < -0.3 is 14.3 Å². The molecule has 0 spiro atoms. The number of aromatic nitrogens is 3. The number of nitrogens with one attached hydrogen (secondary N) is 1. The molecule has 2 aromatic heterocycles. The molecule has 7 nitrogen and oxygen atoms in total. The first-order valence-electron chi connectivity index (χ1n) is 8.99. The molecule has 25 heavy (non-hydrogen) atoms. The van der Waals surface area contributed by atoms with E-state index in [4.69, 9.17) is 4.42 Å². The zero-order valence-electron chi connectivity index (χ0n) is 14.4. The zero-order chi connectivity index (χ0) is 17.4. The number of amides is 1. The standard InChI is InChI=1S/C18H22N4O3/c1-11-16-12(23)6-5-7-13(16)25-17(11)18(24)19-10-15-21-20-14-8-3-2-4-9-22(14)15/h2-10H2,1H3,(H,19,24). The average Bonchev–Trinajstić information content (AvgIpc) is 3.05. The van der Waals surface area contributed by atoms with Crippen molar-refractivity contribution in [3.63, 3.8) is 0 Å². The van der Waals surface area contributed by atoms with Gasteiger partial charge in [-0.1, -0.05) is 6.42 Å². The molecule has 7 heteroatoms. The third-order valence-electron chi connectivity index (χ3n) is 5.11. The molecular weight excluding hydrogens is 320 g/mol. The highest BCUT2D eigenvalue weighted by Gasteiger charge is 2.29. The highest BCUT2D eigenvalue weighted by Crippen LogP contribution is 2.29. The van der Waals surface area contributed by atoms with Gasteiger partial charge in [0.15, 0.2) is 17.4 Å². The van der Waals surface area contributed by atoms with E-state index in [1.54, 1.807) is 6.92 Å². The van der Waals surface area contributed by atoms with Crippen molar-refractivity contribution in [1.82, 2.24) is 20.1 Å². The van der Waals surface area contributed by atoms with E-state index in [2.05, 4.69) is 20.1 Å². The van der Waals surface area contributed by atoms with Crippen LogP contribution in [0.2, 0.25) is 0 Å². The molecule has 0 atom stereocenters. The molecule has 0 bridgehead atoms. The van der Waals surface area contributed by atoms with E-state index in [9.17, 15) is 9.59 Å². The fourth-order valence-corrected chi connectivity index (χ4v) is 3.78. The van der Waals surface area contributed by atoms with Gasteiger partial charge in [-0.25, -0.2) is 0 Å². The smallest absolute Gasteiger partial charge is 0.287 e. The summed E-state index contributed by atoms with van der Waals surface area (Å²) in [5.41, 5.74) is 1.25. The molecule has 3 heterocycles. The molecule has 1 aliphatic heterocycles. The lowest BCUT2D eigenvalue weighted by atomic mass is 9.94. The van der Waals surface area contributed by atoms with Gasteiger partial charge in [0.2, 0.25) is 0 Å². The van der Waals surface area contributed by atoms with Crippen molar-refractivity contribution >= 4 is 11.7 Å². The number of carbonyl (C=O) groups is 2. The summed E-state index contributed by atoms with van der Waals surface area (Å²) in [6, 6.07) is 0. The monoisotopic (exact) mass is 342 g/mol. The summed E-state index contributed by atoms with van der Waals surface area (Å²) < 4.78 is 7.80. The highest BCUT2D eigenvalue weighted by molar-refractivity contribution is 6.03. The molecule has 2 aromatic rings. The van der Waals surface area contributed by atoms with Crippen LogP contribution in [0.15, 0.2) is 4.42 Å². The summed E-state index contributed by atoms with van der Waals surface area (Å²) in [5, 5.41) is 11.3. The number of hydrogen-bond donors (Lipinski definition) is 1. The van der Waals surface area contributed by atoms with Gasteiger partial charge in [-0.3, -0.25) is 9.59 Å². The maximum Gasteiger partial charge on any atom is 0.287 e. The number of aryl methyl sites for hydroxylation is 2. The van der Waals surface area contributed by atoms with E-state index in [1.165, 1.54) is 6.42 Å². The second kappa shape index (κ2) is 6.46. The quantitative estimate of drug-likeness (QED) is 0.925. The number of rotatable bonds is 3. The minimum Gasteiger partial charge on any atom is -0.455 e. The third kappa shape index (κ3) is 2.88. The number of furan rings is 1. The Hall–Kier alpha value is -2.44. The van der Waals surface area contributed by atoms with Crippen LogP contribution >= 0.6 is 0 Å². The fourth-order valence-electron chi connectivity index (χ4n) is 3.78. The highest BCUT2D eigenvalue weighted by atomic mass is 16.4. The van der Waals surface area contributed by atoms with E-state index in [-0.39, 0.29) is 17.5 Å². The molecule has 0 saturated heterocycles. The summed E-state index contributed by atoms with van der Waals surface area (Å²) >= 11 is 0. The minimum absolute atomic E-state index is 0.0735. The van der Waals surface area contributed by atoms with Gasteiger partial charge in [-0.15, -0.1) is 10.2 Å². The van der Waals surface area contributed by atoms with E-state index in [0.29, 0.717) is 36.3 Å². The summed E-state index contributed by atoms with van der Waals surface area (Å²) in [6.45, 7) is 2.99. The largest absolute Gasteiger partial charge is 0.455 e. The average molecular weight is 342 g/mol. The lowest BCUT2D eigenvalue weighted by molar-refractivity contribution is 0.0915. The number of fused-ring (bicyclic) bond motifs is 2. The van der Waals surface area contributed by atoms with Gasteiger partial charge in [-0.2, -0.15) is 0 Å². The Balaban J connectivity index is 1.50. The lowest BCUT2D eigenvalue weighted by Gasteiger charge is -2.08. The number of Topliss-reactive ketones (excluding diaryl/α,β-unsaturated/α-hetero) is 1. The van der Waals surface area contributed by atoms with Crippen LogP contribution in [0.4, 0.5) is 0 Å². The maximum atomic E-state index is 12.5. The number of ketones is 1. The van der Waals surface area contributed by atoms with E-state index in [0.717, 1.165) is 43.9 Å². The van der Waals surface area contributed by atoms with Crippen LogP contribution in [-0.2, 0) is 25.9 Å². The predicted octanol–water partition coefficient (Wildman–Crippen LogP) is 2.35. The molecule has 0 unspecified atom stereocenters. The normalized spacial score (nSPS) is 16.9. The van der Waals surface area contributed by atoms with Gasteiger partial charge in [0.25, 0.3) is 5.91 Å². The first-order chi connectivity index (χ1) is 12.1. The summed E-state index contributed by atoms with van der Waals surface area (Å²) in [6.07, 6.45) is 6.40. The molecule has 1 amide bonds. The van der Waals surface area contributed by atoms with Crippen LogP contribution in [0.5, 0.6) is 0 Å². The molecule has 1 N–H and O–H groups in total. The van der Waals surface area contributed by atoms with E-state index >= 15 is 0 Å². The van der Waals surface area contributed by atoms with Crippen molar-refractivity contribution in [1.29, 1.82) is 0 Å². The molecule has 0 aromatic carbocycles. The van der Waals surface area contributed by atoms with Crippen LogP contribution in [0.3, 0.4) is 0 Å². The summed E-state index contributed by atoms with van der Waals surface area (Å²) in [5.74, 6) is 2.44. The number of hydrogen-bond acceptors (Lipinski definition) is 5. The van der Waals surface area contributed by atoms with Crippen LogP contribution in [0, 0.1) is 6.92 Å². The Kier molecular flexibility index (Phi) is 4.15. The Bertz CT molecular complexity index is 834. The van der Waals surface area contributed by atoms with Crippen molar-refractivity contribution in [2.24, 2.45) is 0 Å². The second-order valence-corrected chi connectivity index (χ2v) is 6.81. The molecule has 132 valence electrons. The van der Waals surface area contributed by atoms with Gasteiger partial charge in [0.1, 0.15) is 11.6 Å². The second-order valence-electron chi connectivity index (χ2n) is 6.81. The number of carbonyl (C=O) groups excluding carboxylic acids is 2. The Morgan fingerprint density at radius 1 is 1.16 bits per heavy atom. The van der Waals surface area contributed by atoms with Crippen LogP contribution in [-0.4, -0.2) is 26.5 Å². The third-order valence-corrected chi connectivity index (χ3v) is 5.11. The van der Waals surface area contributed by atoms with E-state index in [1.807, 2.05) is 0 Å². The first kappa shape index (κ1) is 16.1. The first-order valence-corrected chi connectivity index (χ1v) is 8.99.